The number of alkyl halides is 10. The van der Waals surface area contributed by atoms with Gasteiger partial charge in [0.2, 0.25) is 0 Å². The van der Waals surface area contributed by atoms with E-state index >= 15 is 0 Å². The standard InChI is InChI=1S/C16H26O2.C14H20O2.C10H15F5O2.C8H9F5O2/c1-4-15(2,3)14(17)18-16-8-11-5-12(9-16)7-13(6-11)10-16;1-9(2)13(15)16-14-6-10-3-11(7-14)5-12(4-10)8-14;1-4-8(2,3)7(16)17-6-9(11,12)5-10(13,14)15;1-5(2)6(14)15-4-7(9,10)3-8(11,12)13/h11-13H,4-10H2,1-3H3;10-12H,1,3-8H2,2H3;4-6H2,1-3H3;1,3-4H2,2H3. The predicted molar refractivity (Wildman–Crippen MR) is 225 cm³/mol. The zero-order chi connectivity index (χ0) is 50.5. The molecule has 0 spiro atoms. The fraction of sp³-hybridized carbons (Fsp3) is 0.833. The van der Waals surface area contributed by atoms with Gasteiger partial charge >= 0.3 is 36.2 Å². The lowest BCUT2D eigenvalue weighted by atomic mass is 9.54. The first-order valence-electron chi connectivity index (χ1n) is 22.9. The molecular formula is C48H70F10O8. The van der Waals surface area contributed by atoms with Crippen LogP contribution in [0.4, 0.5) is 43.9 Å². The molecule has 0 saturated heterocycles. The van der Waals surface area contributed by atoms with Crippen LogP contribution in [0.2, 0.25) is 0 Å². The van der Waals surface area contributed by atoms with Gasteiger partial charge in [0.15, 0.2) is 13.2 Å². The van der Waals surface area contributed by atoms with Gasteiger partial charge in [-0.05, 0) is 167 Å². The first kappa shape index (κ1) is 57.0. The number of halogens is 10. The van der Waals surface area contributed by atoms with Crippen LogP contribution in [-0.4, -0.2) is 72.5 Å². The van der Waals surface area contributed by atoms with Crippen molar-refractivity contribution < 1.29 is 82.0 Å². The molecule has 0 heterocycles. The maximum Gasteiger partial charge on any atom is 0.394 e. The van der Waals surface area contributed by atoms with Crippen molar-refractivity contribution in [1.29, 1.82) is 0 Å². The highest BCUT2D eigenvalue weighted by Crippen LogP contribution is 2.58. The zero-order valence-electron chi connectivity index (χ0n) is 39.7. The van der Waals surface area contributed by atoms with Gasteiger partial charge in [-0.2, -0.15) is 26.3 Å². The van der Waals surface area contributed by atoms with Crippen molar-refractivity contribution >= 4 is 23.9 Å². The van der Waals surface area contributed by atoms with Crippen LogP contribution in [0.15, 0.2) is 24.3 Å². The first-order valence-corrected chi connectivity index (χ1v) is 22.9. The van der Waals surface area contributed by atoms with E-state index in [0.29, 0.717) is 12.0 Å². The Morgan fingerprint density at radius 2 is 0.773 bits per heavy atom. The average molecular weight is 965 g/mol. The van der Waals surface area contributed by atoms with Gasteiger partial charge in [0.1, 0.15) is 24.0 Å². The summed E-state index contributed by atoms with van der Waals surface area (Å²) in [6.45, 7) is 17.2. The summed E-state index contributed by atoms with van der Waals surface area (Å²) in [6.07, 6.45) is 1.69. The summed E-state index contributed by atoms with van der Waals surface area (Å²) < 4.78 is 141. The summed E-state index contributed by atoms with van der Waals surface area (Å²) in [5, 5.41) is 0. The van der Waals surface area contributed by atoms with Crippen molar-refractivity contribution in [2.24, 2.45) is 46.3 Å². The lowest BCUT2D eigenvalue weighted by Gasteiger charge is -2.56. The minimum absolute atomic E-state index is 0.0342. The van der Waals surface area contributed by atoms with Gasteiger partial charge in [0.25, 0.3) is 11.8 Å². The molecule has 8 bridgehead atoms. The molecule has 0 radical (unpaired) electrons. The van der Waals surface area contributed by atoms with Gasteiger partial charge < -0.3 is 18.9 Å². The Balaban J connectivity index is 0.000000234. The highest BCUT2D eigenvalue weighted by molar-refractivity contribution is 5.87. The van der Waals surface area contributed by atoms with E-state index in [1.54, 1.807) is 13.8 Å². The van der Waals surface area contributed by atoms with Crippen LogP contribution in [0, 0.1) is 46.3 Å². The highest BCUT2D eigenvalue weighted by atomic mass is 19.4. The van der Waals surface area contributed by atoms with E-state index in [9.17, 15) is 63.1 Å². The monoisotopic (exact) mass is 964 g/mol. The summed E-state index contributed by atoms with van der Waals surface area (Å²) in [7, 11) is 0. The van der Waals surface area contributed by atoms with Crippen LogP contribution in [-0.2, 0) is 38.1 Å². The van der Waals surface area contributed by atoms with Crippen LogP contribution >= 0.6 is 0 Å². The lowest BCUT2D eigenvalue weighted by Crippen LogP contribution is -2.53. The maximum absolute atomic E-state index is 12.8. The molecule has 0 aromatic rings. The number of hydrogen-bond acceptors (Lipinski definition) is 8. The predicted octanol–water partition coefficient (Wildman–Crippen LogP) is 13.3. The molecule has 8 rings (SSSR count). The van der Waals surface area contributed by atoms with Gasteiger partial charge in [0.05, 0.1) is 10.8 Å². The zero-order valence-corrected chi connectivity index (χ0v) is 39.7. The molecule has 0 amide bonds. The Morgan fingerprint density at radius 3 is 1.06 bits per heavy atom. The largest absolute Gasteiger partial charge is 0.459 e. The normalized spacial score (nSPS) is 28.6. The third-order valence-corrected chi connectivity index (χ3v) is 13.9. The third-order valence-electron chi connectivity index (χ3n) is 13.9. The molecule has 66 heavy (non-hydrogen) atoms. The number of esters is 4. The minimum Gasteiger partial charge on any atom is -0.459 e. The second kappa shape index (κ2) is 21.5. The second-order valence-corrected chi connectivity index (χ2v) is 21.5. The quantitative estimate of drug-likeness (QED) is 0.0734. The fourth-order valence-electron chi connectivity index (χ4n) is 10.6. The van der Waals surface area contributed by atoms with Crippen molar-refractivity contribution in [3.05, 3.63) is 24.3 Å². The number of rotatable bonds is 14. The first-order chi connectivity index (χ1) is 29.9. The fourth-order valence-corrected chi connectivity index (χ4v) is 10.6. The molecule has 8 saturated carbocycles. The number of ether oxygens (including phenoxy) is 4. The molecule has 8 fully saturated rings. The van der Waals surface area contributed by atoms with Gasteiger partial charge in [-0.15, -0.1) is 0 Å². The van der Waals surface area contributed by atoms with E-state index in [1.807, 2.05) is 13.8 Å². The minimum atomic E-state index is -5.00. The Labute approximate surface area is 382 Å². The maximum atomic E-state index is 12.8. The van der Waals surface area contributed by atoms with Crippen molar-refractivity contribution in [2.45, 2.75) is 194 Å². The molecular weight excluding hydrogens is 894 g/mol. The molecule has 0 aromatic heterocycles. The summed E-state index contributed by atoms with van der Waals surface area (Å²) in [4.78, 5) is 46.0. The van der Waals surface area contributed by atoms with E-state index in [-0.39, 0.29) is 34.1 Å². The van der Waals surface area contributed by atoms with Gasteiger partial charge in [-0.3, -0.25) is 9.59 Å². The van der Waals surface area contributed by atoms with E-state index in [4.69, 9.17) is 9.47 Å². The number of carbonyl (C=O) groups excluding carboxylic acids is 4. The number of carbonyl (C=O) groups is 4. The third kappa shape index (κ3) is 17.6. The summed E-state index contributed by atoms with van der Waals surface area (Å²) in [5.41, 5.74) is -1.09. The van der Waals surface area contributed by atoms with E-state index in [0.717, 1.165) is 80.5 Å². The summed E-state index contributed by atoms with van der Waals surface area (Å²) in [5.74, 6) is -5.41. The molecule has 18 heteroatoms. The molecule has 380 valence electrons. The van der Waals surface area contributed by atoms with Crippen LogP contribution in [0.3, 0.4) is 0 Å². The van der Waals surface area contributed by atoms with Crippen LogP contribution < -0.4 is 0 Å². The molecule has 8 aliphatic carbocycles. The molecule has 8 nitrogen and oxygen atoms in total. The van der Waals surface area contributed by atoms with E-state index < -0.39 is 67.6 Å². The molecule has 8 aliphatic rings. The average Bonchev–Trinajstić information content (AvgIpc) is 3.13. The van der Waals surface area contributed by atoms with Crippen LogP contribution in [0.25, 0.3) is 0 Å². The van der Waals surface area contributed by atoms with Gasteiger partial charge in [0, 0.05) is 11.1 Å². The Morgan fingerprint density at radius 1 is 0.485 bits per heavy atom. The molecule has 0 aromatic carbocycles. The van der Waals surface area contributed by atoms with Gasteiger partial charge in [-0.25, -0.2) is 27.2 Å². The highest BCUT2D eigenvalue weighted by Gasteiger charge is 2.55. The Kier molecular flexibility index (Phi) is 18.6. The smallest absolute Gasteiger partial charge is 0.394 e. The summed E-state index contributed by atoms with van der Waals surface area (Å²) >= 11 is 0. The topological polar surface area (TPSA) is 105 Å². The number of hydrogen-bond donors (Lipinski definition) is 0. The van der Waals surface area contributed by atoms with Crippen molar-refractivity contribution in [3.63, 3.8) is 0 Å². The molecule has 0 N–H and O–H groups in total. The van der Waals surface area contributed by atoms with Crippen LogP contribution in [0.5, 0.6) is 0 Å². The van der Waals surface area contributed by atoms with E-state index in [2.05, 4.69) is 29.6 Å². The van der Waals surface area contributed by atoms with Crippen molar-refractivity contribution in [1.82, 2.24) is 0 Å². The summed E-state index contributed by atoms with van der Waals surface area (Å²) in [6, 6.07) is 0. The molecule has 0 atom stereocenters. The molecule has 0 aliphatic heterocycles. The van der Waals surface area contributed by atoms with Gasteiger partial charge in [-0.1, -0.05) is 27.0 Å². The Bertz CT molecular complexity index is 1660. The van der Waals surface area contributed by atoms with Crippen LogP contribution in [0.1, 0.15) is 158 Å². The molecule has 0 unspecified atom stereocenters. The lowest BCUT2D eigenvalue weighted by molar-refractivity contribution is -0.206. The van der Waals surface area contributed by atoms with E-state index in [1.165, 1.54) is 59.3 Å². The Hall–Kier alpha value is -3.34. The second-order valence-electron chi connectivity index (χ2n) is 21.5. The SMILES string of the molecule is C=C(C)C(=O)OC12CC3CC(CC(C3)C1)C2.C=C(C)C(=O)OCC(F)(F)CC(F)(F)F.CCC(C)(C)C(=O)OC12CC3CC(CC(C3)C1)C2.CCC(C)(C)C(=O)OCC(F)(F)CC(F)(F)F. The van der Waals surface area contributed by atoms with Crippen molar-refractivity contribution in [3.8, 4) is 0 Å². The van der Waals surface area contributed by atoms with Crippen molar-refractivity contribution in [2.75, 3.05) is 13.2 Å².